The van der Waals surface area contributed by atoms with Crippen LogP contribution in [0.5, 0.6) is 0 Å². The molecule has 0 atom stereocenters. The largest absolute Gasteiger partial charge is 0.618 e. The van der Waals surface area contributed by atoms with Crippen LogP contribution in [0.2, 0.25) is 0 Å². The van der Waals surface area contributed by atoms with E-state index in [4.69, 9.17) is 0 Å². The van der Waals surface area contributed by atoms with E-state index in [2.05, 4.69) is 19.2 Å². The topological polar surface area (TPSA) is 39.0 Å². The van der Waals surface area contributed by atoms with Crippen LogP contribution < -0.4 is 10.0 Å². The first kappa shape index (κ1) is 9.00. The van der Waals surface area contributed by atoms with Gasteiger partial charge in [-0.25, -0.2) is 0 Å². The molecule has 0 aliphatic carbocycles. The summed E-state index contributed by atoms with van der Waals surface area (Å²) in [6.45, 7) is 4.73. The first-order valence-corrected chi connectivity index (χ1v) is 4.10. The number of rotatable bonds is 3. The van der Waals surface area contributed by atoms with Crippen molar-refractivity contribution in [2.75, 3.05) is 0 Å². The van der Waals surface area contributed by atoms with Crippen molar-refractivity contribution in [2.24, 2.45) is 0 Å². The fourth-order valence-corrected chi connectivity index (χ4v) is 0.909. The lowest BCUT2D eigenvalue weighted by molar-refractivity contribution is -0.614. The molecular weight excluding hydrogens is 152 g/mol. The molecule has 0 bridgehead atoms. The predicted octanol–water partition coefficient (Wildman–Crippen LogP) is 0.818. The molecule has 0 radical (unpaired) electrons. The highest BCUT2D eigenvalue weighted by atomic mass is 16.5. The summed E-state index contributed by atoms with van der Waals surface area (Å²) in [6, 6.07) is 5.82. The zero-order valence-corrected chi connectivity index (χ0v) is 7.45. The Hall–Kier alpha value is -1.09. The molecule has 0 fully saturated rings. The van der Waals surface area contributed by atoms with Gasteiger partial charge in [-0.3, -0.25) is 0 Å². The normalized spacial score (nSPS) is 10.6. The van der Waals surface area contributed by atoms with Crippen molar-refractivity contribution in [3.63, 3.8) is 0 Å². The van der Waals surface area contributed by atoms with E-state index in [-0.39, 0.29) is 0 Å². The van der Waals surface area contributed by atoms with Crippen LogP contribution in [0.3, 0.4) is 0 Å². The molecule has 1 aromatic heterocycles. The van der Waals surface area contributed by atoms with Gasteiger partial charge in [0.15, 0.2) is 6.20 Å². The smallest absolute Gasteiger partial charge is 0.206 e. The van der Waals surface area contributed by atoms with Crippen LogP contribution in [-0.2, 0) is 6.54 Å². The van der Waals surface area contributed by atoms with Crippen LogP contribution in [0, 0.1) is 5.21 Å². The molecule has 1 N–H and O–H groups in total. The summed E-state index contributed by atoms with van der Waals surface area (Å²) < 4.78 is 0.884. The highest BCUT2D eigenvalue weighted by Gasteiger charge is 2.02. The van der Waals surface area contributed by atoms with Gasteiger partial charge in [-0.05, 0) is 6.07 Å². The second kappa shape index (κ2) is 4.07. The van der Waals surface area contributed by atoms with E-state index in [0.29, 0.717) is 12.6 Å². The minimum Gasteiger partial charge on any atom is -0.618 e. The van der Waals surface area contributed by atoms with E-state index in [1.165, 1.54) is 6.20 Å². The average molecular weight is 166 g/mol. The van der Waals surface area contributed by atoms with E-state index in [1.807, 2.05) is 12.1 Å². The molecule has 0 saturated carbocycles. The summed E-state index contributed by atoms with van der Waals surface area (Å²) in [7, 11) is 0. The maximum atomic E-state index is 11.1. The van der Waals surface area contributed by atoms with Gasteiger partial charge in [0.2, 0.25) is 5.69 Å². The van der Waals surface area contributed by atoms with Gasteiger partial charge in [-0.1, -0.05) is 13.8 Å². The van der Waals surface area contributed by atoms with Crippen LogP contribution in [0.1, 0.15) is 19.5 Å². The molecule has 1 heterocycles. The molecule has 3 nitrogen and oxygen atoms in total. The van der Waals surface area contributed by atoms with Crippen molar-refractivity contribution < 1.29 is 4.73 Å². The molecule has 0 saturated heterocycles. The Morgan fingerprint density at radius 1 is 1.50 bits per heavy atom. The van der Waals surface area contributed by atoms with E-state index in [0.717, 1.165) is 10.4 Å². The molecule has 0 aliphatic heterocycles. The molecule has 1 aromatic rings. The highest BCUT2D eigenvalue weighted by Crippen LogP contribution is 1.90. The molecule has 0 aromatic carbocycles. The lowest BCUT2D eigenvalue weighted by atomic mass is 10.3. The lowest BCUT2D eigenvalue weighted by Gasteiger charge is -2.07. The Labute approximate surface area is 72.6 Å². The maximum absolute atomic E-state index is 11.1. The molecule has 0 amide bonds. The van der Waals surface area contributed by atoms with Gasteiger partial charge in [-0.2, -0.15) is 4.73 Å². The van der Waals surface area contributed by atoms with E-state index < -0.39 is 0 Å². The molecular formula is C9H14N2O. The van der Waals surface area contributed by atoms with Crippen molar-refractivity contribution >= 4 is 0 Å². The number of nitrogens with one attached hydrogen (secondary N) is 1. The van der Waals surface area contributed by atoms with Gasteiger partial charge >= 0.3 is 0 Å². The summed E-state index contributed by atoms with van der Waals surface area (Å²) >= 11 is 0. The Kier molecular flexibility index (Phi) is 3.05. The van der Waals surface area contributed by atoms with Crippen molar-refractivity contribution in [3.8, 4) is 0 Å². The zero-order valence-electron chi connectivity index (χ0n) is 7.45. The van der Waals surface area contributed by atoms with Gasteiger partial charge < -0.3 is 10.5 Å². The van der Waals surface area contributed by atoms with Crippen molar-refractivity contribution in [2.45, 2.75) is 26.4 Å². The number of aromatic nitrogens is 1. The Morgan fingerprint density at radius 2 is 2.25 bits per heavy atom. The summed E-state index contributed by atoms with van der Waals surface area (Å²) in [5.41, 5.74) is 0.756. The van der Waals surface area contributed by atoms with Crippen LogP contribution in [0.4, 0.5) is 0 Å². The lowest BCUT2D eigenvalue weighted by Crippen LogP contribution is -2.35. The van der Waals surface area contributed by atoms with E-state index >= 15 is 0 Å². The summed E-state index contributed by atoms with van der Waals surface area (Å²) in [5, 5.41) is 14.3. The van der Waals surface area contributed by atoms with E-state index in [9.17, 15) is 5.21 Å². The molecule has 12 heavy (non-hydrogen) atoms. The summed E-state index contributed by atoms with van der Waals surface area (Å²) in [6.07, 6.45) is 1.51. The minimum atomic E-state index is 0.408. The average Bonchev–Trinajstić information content (AvgIpc) is 2.03. The van der Waals surface area contributed by atoms with Crippen LogP contribution in [0.15, 0.2) is 24.4 Å². The third kappa shape index (κ3) is 2.51. The molecule has 0 spiro atoms. The van der Waals surface area contributed by atoms with E-state index in [1.54, 1.807) is 6.07 Å². The van der Waals surface area contributed by atoms with Crippen LogP contribution in [0.25, 0.3) is 0 Å². The van der Waals surface area contributed by atoms with Gasteiger partial charge in [-0.15, -0.1) is 0 Å². The molecule has 3 heteroatoms. The zero-order chi connectivity index (χ0) is 8.97. The third-order valence-electron chi connectivity index (χ3n) is 1.60. The van der Waals surface area contributed by atoms with Gasteiger partial charge in [0.05, 0.1) is 6.54 Å². The predicted molar refractivity (Wildman–Crippen MR) is 47.4 cm³/mol. The Bertz CT molecular complexity index is 248. The fraction of sp³-hybridized carbons (Fsp3) is 0.444. The van der Waals surface area contributed by atoms with Crippen molar-refractivity contribution in [1.29, 1.82) is 0 Å². The molecule has 1 rings (SSSR count). The molecule has 0 unspecified atom stereocenters. The van der Waals surface area contributed by atoms with Gasteiger partial charge in [0, 0.05) is 18.2 Å². The fourth-order valence-electron chi connectivity index (χ4n) is 0.909. The first-order valence-electron chi connectivity index (χ1n) is 4.10. The van der Waals surface area contributed by atoms with Crippen LogP contribution in [-0.4, -0.2) is 6.04 Å². The van der Waals surface area contributed by atoms with Gasteiger partial charge in [0.1, 0.15) is 0 Å². The summed E-state index contributed by atoms with van der Waals surface area (Å²) in [5.74, 6) is 0. The van der Waals surface area contributed by atoms with Crippen molar-refractivity contribution in [3.05, 3.63) is 35.3 Å². The Balaban J connectivity index is 2.57. The van der Waals surface area contributed by atoms with Crippen molar-refractivity contribution in [1.82, 2.24) is 5.32 Å². The molecule has 0 aliphatic rings. The SMILES string of the molecule is CC(C)NCc1cccc[n+]1[O-]. The second-order valence-corrected chi connectivity index (χ2v) is 3.05. The summed E-state index contributed by atoms with van der Waals surface area (Å²) in [4.78, 5) is 0. The van der Waals surface area contributed by atoms with Gasteiger partial charge in [0.25, 0.3) is 0 Å². The Morgan fingerprint density at radius 3 is 2.83 bits per heavy atom. The minimum absolute atomic E-state index is 0.408. The number of pyridine rings is 1. The third-order valence-corrected chi connectivity index (χ3v) is 1.60. The number of hydrogen-bond donors (Lipinski definition) is 1. The quantitative estimate of drug-likeness (QED) is 0.533. The molecule has 66 valence electrons. The monoisotopic (exact) mass is 166 g/mol. The van der Waals surface area contributed by atoms with Crippen LogP contribution >= 0.6 is 0 Å². The first-order chi connectivity index (χ1) is 5.70. The highest BCUT2D eigenvalue weighted by molar-refractivity contribution is 4.97. The standard InChI is InChI=1S/C9H14N2O/c1-8(2)10-7-9-5-3-4-6-11(9)12/h3-6,8,10H,7H2,1-2H3. The number of hydrogen-bond acceptors (Lipinski definition) is 2. The second-order valence-electron chi connectivity index (χ2n) is 3.05. The maximum Gasteiger partial charge on any atom is 0.206 e. The number of nitrogens with zero attached hydrogens (tertiary/aromatic N) is 1.